The van der Waals surface area contributed by atoms with Gasteiger partial charge < -0.3 is 23.1 Å². The van der Waals surface area contributed by atoms with Crippen LogP contribution < -0.4 is 10.5 Å². The Morgan fingerprint density at radius 1 is 0.950 bits per heavy atom. The van der Waals surface area contributed by atoms with E-state index in [1.807, 2.05) is 20.8 Å². The van der Waals surface area contributed by atoms with Crippen LogP contribution in [0.1, 0.15) is 20.8 Å². The fraction of sp³-hybridized carbons (Fsp3) is 0.500. The quantitative estimate of drug-likeness (QED) is 0.543. The molecule has 0 heterocycles. The molecule has 0 bridgehead atoms. The first kappa shape index (κ1) is 17.5. The second-order valence-corrected chi connectivity index (χ2v) is 8.11. The Morgan fingerprint density at radius 3 is 1.65 bits per heavy atom. The molecule has 1 aromatic carbocycles. The minimum absolute atomic E-state index is 0.0337. The molecule has 0 saturated carbocycles. The van der Waals surface area contributed by atoms with E-state index in [1.165, 1.54) is 12.1 Å². The predicted molar refractivity (Wildman–Crippen MR) is 78.4 cm³/mol. The van der Waals surface area contributed by atoms with Crippen molar-refractivity contribution in [2.75, 3.05) is 19.8 Å². The van der Waals surface area contributed by atoms with Crippen LogP contribution in [-0.4, -0.2) is 38.4 Å². The van der Waals surface area contributed by atoms with E-state index in [9.17, 15) is 4.57 Å². The molecule has 0 unspecified atom stereocenters. The third kappa shape index (κ3) is 4.23. The van der Waals surface area contributed by atoms with Crippen LogP contribution in [0.3, 0.4) is 0 Å². The van der Waals surface area contributed by atoms with Crippen molar-refractivity contribution in [3.05, 3.63) is 24.3 Å². The molecule has 6 nitrogen and oxygen atoms in total. The lowest BCUT2D eigenvalue weighted by atomic mass is 10.4. The Bertz CT molecular complexity index is 441. The summed E-state index contributed by atoms with van der Waals surface area (Å²) in [7, 11) is -7.25. The molecule has 0 saturated heterocycles. The van der Waals surface area contributed by atoms with Crippen molar-refractivity contribution in [2.24, 2.45) is 0 Å². The summed E-state index contributed by atoms with van der Waals surface area (Å²) < 4.78 is 28.4. The van der Waals surface area contributed by atoms with E-state index in [-0.39, 0.29) is 5.30 Å². The molecule has 0 spiro atoms. The number of hydrogen-bond donors (Lipinski definition) is 2. The zero-order valence-corrected chi connectivity index (χ0v) is 13.8. The van der Waals surface area contributed by atoms with Crippen LogP contribution in [-0.2, 0) is 17.8 Å². The van der Waals surface area contributed by atoms with Gasteiger partial charge in [-0.3, -0.25) is 4.57 Å². The molecule has 0 fully saturated rings. The molecule has 1 rings (SSSR count). The summed E-state index contributed by atoms with van der Waals surface area (Å²) in [5.41, 5.74) is 0. The summed E-state index contributed by atoms with van der Waals surface area (Å²) in [6.45, 7) is 6.86. The van der Waals surface area contributed by atoms with Gasteiger partial charge in [0.05, 0.1) is 5.30 Å². The molecule has 0 aromatic heterocycles. The van der Waals surface area contributed by atoms with E-state index in [1.54, 1.807) is 12.1 Å². The third-order valence-electron chi connectivity index (χ3n) is 2.56. The van der Waals surface area contributed by atoms with Gasteiger partial charge in [-0.05, 0) is 32.9 Å². The van der Waals surface area contributed by atoms with Gasteiger partial charge in [0, 0.05) is 25.0 Å². The van der Waals surface area contributed by atoms with Crippen LogP contribution in [0.25, 0.3) is 0 Å². The predicted octanol–water partition coefficient (Wildman–Crippen LogP) is 0.745. The van der Waals surface area contributed by atoms with Gasteiger partial charge >= 0.3 is 16.4 Å². The molecule has 1 aromatic rings. The molecule has 20 heavy (non-hydrogen) atoms. The van der Waals surface area contributed by atoms with Gasteiger partial charge in [0.15, 0.2) is 0 Å². The molecule has 0 aliphatic rings. The lowest BCUT2D eigenvalue weighted by molar-refractivity contribution is 0.0859. The monoisotopic (exact) mass is 320 g/mol. The summed E-state index contributed by atoms with van der Waals surface area (Å²) in [6, 6.07) is 5.97. The second kappa shape index (κ2) is 7.47. The normalized spacial score (nSPS) is 12.7. The first-order valence-electron chi connectivity index (χ1n) is 6.48. The Kier molecular flexibility index (Phi) is 6.54. The van der Waals surface area contributed by atoms with E-state index >= 15 is 0 Å². The minimum Gasteiger partial charge on any atom is -0.370 e. The van der Waals surface area contributed by atoms with Crippen LogP contribution >= 0.6 is 7.60 Å². The largest absolute Gasteiger partial charge is 0.537 e. The number of rotatable bonds is 8. The summed E-state index contributed by atoms with van der Waals surface area (Å²) >= 11 is 0. The molecular formula is C12H21O6PSi. The molecule has 0 aliphatic heterocycles. The van der Waals surface area contributed by atoms with Crippen molar-refractivity contribution in [1.29, 1.82) is 0 Å². The van der Waals surface area contributed by atoms with Crippen molar-refractivity contribution in [2.45, 2.75) is 20.8 Å². The van der Waals surface area contributed by atoms with Crippen LogP contribution in [0.4, 0.5) is 0 Å². The number of benzene rings is 1. The maximum Gasteiger partial charge on any atom is 0.537 e. The van der Waals surface area contributed by atoms with Gasteiger partial charge in [-0.15, -0.1) is 0 Å². The highest BCUT2D eigenvalue weighted by atomic mass is 31.2. The van der Waals surface area contributed by atoms with Gasteiger partial charge in [0.25, 0.3) is 0 Å². The molecule has 8 heteroatoms. The summed E-state index contributed by atoms with van der Waals surface area (Å²) in [5, 5.41) is 0.661. The number of hydrogen-bond acceptors (Lipinski definition) is 4. The molecule has 0 atom stereocenters. The smallest absolute Gasteiger partial charge is 0.370 e. The second-order valence-electron chi connectivity index (χ2n) is 3.95. The first-order chi connectivity index (χ1) is 9.39. The van der Waals surface area contributed by atoms with Gasteiger partial charge in [0.2, 0.25) is 0 Å². The summed E-state index contributed by atoms with van der Waals surface area (Å²) in [6.07, 6.45) is 0. The fourth-order valence-corrected chi connectivity index (χ4v) is 4.81. The zero-order chi connectivity index (χ0) is 15.2. The third-order valence-corrected chi connectivity index (χ3v) is 6.58. The Hall–Kier alpha value is -0.533. The van der Waals surface area contributed by atoms with E-state index < -0.39 is 16.4 Å². The maximum atomic E-state index is 11.2. The highest BCUT2D eigenvalue weighted by molar-refractivity contribution is 7.60. The summed E-state index contributed by atoms with van der Waals surface area (Å²) in [5.74, 6) is 0. The van der Waals surface area contributed by atoms with E-state index in [2.05, 4.69) is 0 Å². The van der Waals surface area contributed by atoms with E-state index in [0.29, 0.717) is 25.0 Å². The van der Waals surface area contributed by atoms with Crippen molar-refractivity contribution < 1.29 is 27.6 Å². The van der Waals surface area contributed by atoms with Crippen LogP contribution in [0, 0.1) is 0 Å². The Labute approximate surface area is 120 Å². The van der Waals surface area contributed by atoms with Gasteiger partial charge in [0.1, 0.15) is 0 Å². The van der Waals surface area contributed by atoms with Gasteiger partial charge in [-0.1, -0.05) is 12.1 Å². The average Bonchev–Trinajstić information content (AvgIpc) is 2.38. The molecule has 0 radical (unpaired) electrons. The van der Waals surface area contributed by atoms with Crippen LogP contribution in [0.15, 0.2) is 24.3 Å². The Balaban J connectivity index is 3.16. The minimum atomic E-state index is -4.24. The van der Waals surface area contributed by atoms with Crippen molar-refractivity contribution in [3.63, 3.8) is 0 Å². The topological polar surface area (TPSA) is 85.2 Å². The maximum absolute atomic E-state index is 11.2. The first-order valence-corrected chi connectivity index (χ1v) is 9.81. The van der Waals surface area contributed by atoms with Crippen molar-refractivity contribution in [3.8, 4) is 0 Å². The molecule has 2 N–H and O–H groups in total. The molecular weight excluding hydrogens is 299 g/mol. The van der Waals surface area contributed by atoms with Crippen LogP contribution in [0.2, 0.25) is 0 Å². The standard InChI is InChI=1S/C12H21O6PSi/c1-4-16-20(17-5-2,18-6-3)12-9-7-11(8-10-12)19(13,14)15/h7-10H,4-6H2,1-3H3,(H2,13,14,15). The molecule has 0 amide bonds. The summed E-state index contributed by atoms with van der Waals surface area (Å²) in [4.78, 5) is 18.2. The van der Waals surface area contributed by atoms with Gasteiger partial charge in [-0.2, -0.15) is 0 Å². The van der Waals surface area contributed by atoms with Crippen LogP contribution in [0.5, 0.6) is 0 Å². The fourth-order valence-electron chi connectivity index (χ4n) is 1.80. The van der Waals surface area contributed by atoms with Crippen molar-refractivity contribution in [1.82, 2.24) is 0 Å². The highest BCUT2D eigenvalue weighted by Gasteiger charge is 2.43. The van der Waals surface area contributed by atoms with Gasteiger partial charge in [-0.25, -0.2) is 0 Å². The molecule has 0 aliphatic carbocycles. The molecule has 114 valence electrons. The van der Waals surface area contributed by atoms with Crippen molar-refractivity contribution >= 4 is 26.9 Å². The van der Waals surface area contributed by atoms with E-state index in [4.69, 9.17) is 23.1 Å². The lowest BCUT2D eigenvalue weighted by Crippen LogP contribution is -2.57. The Morgan fingerprint density at radius 2 is 1.35 bits per heavy atom. The zero-order valence-electron chi connectivity index (χ0n) is 11.9. The van der Waals surface area contributed by atoms with E-state index in [0.717, 1.165) is 0 Å². The lowest BCUT2D eigenvalue weighted by Gasteiger charge is -2.28. The highest BCUT2D eigenvalue weighted by Crippen LogP contribution is 2.32. The average molecular weight is 320 g/mol. The SMILES string of the molecule is CCO[Si](OCC)(OCC)c1ccc(P(=O)(O)O)cc1.